The molecule has 0 aliphatic carbocycles. The number of hydrogen-bond donors (Lipinski definition) is 1. The molecular formula is C15H25N3O4S. The van der Waals surface area contributed by atoms with Crippen molar-refractivity contribution in [1.82, 2.24) is 9.80 Å². The van der Waals surface area contributed by atoms with E-state index in [2.05, 4.69) is 0 Å². The lowest BCUT2D eigenvalue weighted by atomic mass is 9.89. The third-order valence-corrected chi connectivity index (χ3v) is 5.19. The second-order valence-electron chi connectivity index (χ2n) is 7.40. The second kappa shape index (κ2) is 6.22. The van der Waals surface area contributed by atoms with Crippen molar-refractivity contribution in [2.75, 3.05) is 24.7 Å². The molecule has 130 valence electrons. The van der Waals surface area contributed by atoms with Crippen LogP contribution in [0.4, 0.5) is 4.79 Å². The highest BCUT2D eigenvalue weighted by atomic mass is 32.2. The topological polar surface area (TPSA) is 92.9 Å². The Morgan fingerprint density at radius 3 is 2.48 bits per heavy atom. The van der Waals surface area contributed by atoms with Crippen molar-refractivity contribution in [2.45, 2.75) is 45.8 Å². The van der Waals surface area contributed by atoms with Gasteiger partial charge in [0.05, 0.1) is 11.3 Å². The van der Waals surface area contributed by atoms with Crippen molar-refractivity contribution in [3.05, 3.63) is 0 Å². The van der Waals surface area contributed by atoms with Crippen molar-refractivity contribution in [1.29, 1.82) is 0 Å². The molecule has 8 heteroatoms. The molecule has 2 N–H and O–H groups in total. The number of carbonyl (C=O) groups is 3. The number of thioether (sulfide) groups is 1. The Morgan fingerprint density at radius 1 is 1.30 bits per heavy atom. The van der Waals surface area contributed by atoms with Crippen LogP contribution >= 0.6 is 11.8 Å². The average Bonchev–Trinajstić information content (AvgIpc) is 3.03. The normalized spacial score (nSPS) is 28.1. The number of rotatable bonds is 2. The minimum absolute atomic E-state index is 0.133. The highest BCUT2D eigenvalue weighted by molar-refractivity contribution is 7.99. The number of likely N-dealkylation sites (tertiary alicyclic amines) is 1. The number of hydrogen-bond acceptors (Lipinski definition) is 5. The van der Waals surface area contributed by atoms with Gasteiger partial charge in [0.2, 0.25) is 11.8 Å². The van der Waals surface area contributed by atoms with Crippen molar-refractivity contribution in [3.8, 4) is 0 Å². The van der Waals surface area contributed by atoms with Crippen LogP contribution in [-0.2, 0) is 14.3 Å². The molecule has 0 spiro atoms. The second-order valence-corrected chi connectivity index (χ2v) is 8.40. The van der Waals surface area contributed by atoms with Crippen LogP contribution in [0.25, 0.3) is 0 Å². The molecule has 3 amide bonds. The van der Waals surface area contributed by atoms with Crippen LogP contribution in [0.15, 0.2) is 0 Å². The number of nitrogens with two attached hydrogens (primary N) is 1. The summed E-state index contributed by atoms with van der Waals surface area (Å²) in [4.78, 5) is 39.7. The summed E-state index contributed by atoms with van der Waals surface area (Å²) in [5, 5.41) is 0. The molecule has 0 bridgehead atoms. The molecule has 2 heterocycles. The smallest absolute Gasteiger partial charge is 0.411 e. The van der Waals surface area contributed by atoms with Crippen molar-refractivity contribution in [2.24, 2.45) is 11.1 Å². The summed E-state index contributed by atoms with van der Waals surface area (Å²) in [7, 11) is 0. The van der Waals surface area contributed by atoms with Crippen LogP contribution < -0.4 is 5.73 Å². The van der Waals surface area contributed by atoms with E-state index in [-0.39, 0.29) is 5.91 Å². The standard InChI is InChI=1S/C15H25N3O4S/c1-14(2,3)22-13(21)18-9-23-7-10(18)11(19)17-6-5-15(4,8-17)12(16)20/h10H,5-9H2,1-4H3,(H2,16,20)/t10-,15+/m1/s1. The molecule has 7 nitrogen and oxygen atoms in total. The molecular weight excluding hydrogens is 318 g/mol. The summed E-state index contributed by atoms with van der Waals surface area (Å²) < 4.78 is 5.37. The van der Waals surface area contributed by atoms with E-state index in [1.165, 1.54) is 16.7 Å². The van der Waals surface area contributed by atoms with Gasteiger partial charge >= 0.3 is 6.09 Å². The molecule has 0 saturated carbocycles. The number of primary amides is 1. The van der Waals surface area contributed by atoms with Gasteiger partial charge < -0.3 is 15.4 Å². The van der Waals surface area contributed by atoms with Gasteiger partial charge in [-0.05, 0) is 34.1 Å². The van der Waals surface area contributed by atoms with Crippen molar-refractivity contribution in [3.63, 3.8) is 0 Å². The van der Waals surface area contributed by atoms with Gasteiger partial charge in [0.25, 0.3) is 0 Å². The molecule has 2 atom stereocenters. The Labute approximate surface area is 140 Å². The van der Waals surface area contributed by atoms with Gasteiger partial charge in [-0.3, -0.25) is 14.5 Å². The van der Waals surface area contributed by atoms with Gasteiger partial charge in [0, 0.05) is 18.8 Å². The highest BCUT2D eigenvalue weighted by Gasteiger charge is 2.45. The van der Waals surface area contributed by atoms with Gasteiger partial charge in [0.1, 0.15) is 11.6 Å². The van der Waals surface area contributed by atoms with Crippen LogP contribution in [0.3, 0.4) is 0 Å². The van der Waals surface area contributed by atoms with Gasteiger partial charge in [-0.15, -0.1) is 11.8 Å². The van der Waals surface area contributed by atoms with Crippen LogP contribution in [0.2, 0.25) is 0 Å². The Morgan fingerprint density at radius 2 is 1.96 bits per heavy atom. The van der Waals surface area contributed by atoms with Crippen LogP contribution in [0, 0.1) is 5.41 Å². The SMILES string of the molecule is CC(C)(C)OC(=O)N1CSC[C@@H]1C(=O)N1CC[C@](C)(C(N)=O)C1. The molecule has 0 aromatic rings. The molecule has 2 rings (SSSR count). The summed E-state index contributed by atoms with van der Waals surface area (Å²) >= 11 is 1.52. The first-order valence-electron chi connectivity index (χ1n) is 7.69. The van der Waals surface area contributed by atoms with Gasteiger partial charge in [-0.1, -0.05) is 0 Å². The lowest BCUT2D eigenvalue weighted by Gasteiger charge is -2.30. The maximum absolute atomic E-state index is 12.7. The molecule has 0 unspecified atom stereocenters. The highest BCUT2D eigenvalue weighted by Crippen LogP contribution is 2.32. The zero-order chi connectivity index (χ0) is 17.4. The predicted octanol–water partition coefficient (Wildman–Crippen LogP) is 1.02. The first-order chi connectivity index (χ1) is 10.5. The van der Waals surface area contributed by atoms with Crippen LogP contribution in [0.1, 0.15) is 34.1 Å². The minimum Gasteiger partial charge on any atom is -0.444 e. The maximum atomic E-state index is 12.7. The number of nitrogens with zero attached hydrogens (tertiary/aromatic N) is 2. The monoisotopic (exact) mass is 343 g/mol. The van der Waals surface area contributed by atoms with E-state index in [4.69, 9.17) is 10.5 Å². The predicted molar refractivity (Wildman–Crippen MR) is 87.7 cm³/mol. The van der Waals surface area contributed by atoms with E-state index in [0.717, 1.165) is 0 Å². The molecule has 2 saturated heterocycles. The van der Waals surface area contributed by atoms with E-state index in [1.54, 1.807) is 32.6 Å². The number of ether oxygens (including phenoxy) is 1. The molecule has 2 aliphatic heterocycles. The first kappa shape index (κ1) is 17.9. The summed E-state index contributed by atoms with van der Waals surface area (Å²) in [6.45, 7) is 7.96. The fourth-order valence-corrected chi connectivity index (χ4v) is 3.84. The van der Waals surface area contributed by atoms with E-state index in [1.807, 2.05) is 0 Å². The Bertz CT molecular complexity index is 519. The zero-order valence-corrected chi connectivity index (χ0v) is 14.9. The molecule has 2 fully saturated rings. The lowest BCUT2D eigenvalue weighted by molar-refractivity contribution is -0.135. The summed E-state index contributed by atoms with van der Waals surface area (Å²) in [5.41, 5.74) is 4.14. The third-order valence-electron chi connectivity index (χ3n) is 4.18. The largest absolute Gasteiger partial charge is 0.444 e. The fourth-order valence-electron chi connectivity index (χ4n) is 2.71. The Hall–Kier alpha value is -1.44. The summed E-state index contributed by atoms with van der Waals surface area (Å²) in [6.07, 6.45) is 0.0816. The lowest BCUT2D eigenvalue weighted by Crippen LogP contribution is -2.50. The van der Waals surface area contributed by atoms with E-state index in [0.29, 0.717) is 31.1 Å². The summed E-state index contributed by atoms with van der Waals surface area (Å²) in [6, 6.07) is -0.537. The summed E-state index contributed by atoms with van der Waals surface area (Å²) in [5.74, 6) is 0.456. The van der Waals surface area contributed by atoms with Gasteiger partial charge in [-0.2, -0.15) is 0 Å². The van der Waals surface area contributed by atoms with E-state index < -0.39 is 29.1 Å². The average molecular weight is 343 g/mol. The van der Waals surface area contributed by atoms with Crippen molar-refractivity contribution < 1.29 is 19.1 Å². The van der Waals surface area contributed by atoms with Crippen molar-refractivity contribution >= 4 is 29.7 Å². The quantitative estimate of drug-likeness (QED) is 0.808. The minimum atomic E-state index is -0.682. The maximum Gasteiger partial charge on any atom is 0.411 e. The Kier molecular flexibility index (Phi) is 4.84. The Balaban J connectivity index is 2.04. The van der Waals surface area contributed by atoms with Crippen LogP contribution in [0.5, 0.6) is 0 Å². The first-order valence-corrected chi connectivity index (χ1v) is 8.85. The third kappa shape index (κ3) is 3.91. The van der Waals surface area contributed by atoms with Gasteiger partial charge in [-0.25, -0.2) is 4.79 Å². The van der Waals surface area contributed by atoms with Gasteiger partial charge in [0.15, 0.2) is 0 Å². The molecule has 0 radical (unpaired) electrons. The molecule has 2 aliphatic rings. The zero-order valence-electron chi connectivity index (χ0n) is 14.1. The number of amides is 3. The van der Waals surface area contributed by atoms with E-state index >= 15 is 0 Å². The molecule has 0 aromatic heterocycles. The molecule has 23 heavy (non-hydrogen) atoms. The van der Waals surface area contributed by atoms with E-state index in [9.17, 15) is 14.4 Å². The van der Waals surface area contributed by atoms with Crippen LogP contribution in [-0.4, -0.2) is 64.1 Å². The molecule has 0 aromatic carbocycles. The number of carbonyl (C=O) groups excluding carboxylic acids is 3. The fraction of sp³-hybridized carbons (Fsp3) is 0.800.